The number of carbonyl (C=O) groups excluding carboxylic acids is 1. The number of halogens is 2. The van der Waals surface area contributed by atoms with Gasteiger partial charge in [0, 0.05) is 0 Å². The van der Waals surface area contributed by atoms with Gasteiger partial charge in [-0.2, -0.15) is 0 Å². The number of hydrogen-bond donors (Lipinski definition) is 1. The SMILES string of the molecule is COc1ccc(N=C2NC(=O)SC2=Cc2ccc(-c3c(Cl)cccc3Cl)o2)cc1. The van der Waals surface area contributed by atoms with Crippen molar-refractivity contribution in [2.45, 2.75) is 0 Å². The number of nitrogens with zero attached hydrogens (tertiary/aromatic N) is 1. The Morgan fingerprint density at radius 3 is 2.48 bits per heavy atom. The third-order valence-electron chi connectivity index (χ3n) is 4.08. The van der Waals surface area contributed by atoms with E-state index < -0.39 is 0 Å². The maximum atomic E-state index is 11.9. The highest BCUT2D eigenvalue weighted by atomic mass is 35.5. The molecule has 2 heterocycles. The van der Waals surface area contributed by atoms with Gasteiger partial charge in [0.25, 0.3) is 5.24 Å². The van der Waals surface area contributed by atoms with Crippen molar-refractivity contribution in [2.24, 2.45) is 4.99 Å². The summed E-state index contributed by atoms with van der Waals surface area (Å²) in [4.78, 5) is 17.1. The molecule has 1 aromatic heterocycles. The molecule has 8 heteroatoms. The number of furan rings is 1. The Morgan fingerprint density at radius 2 is 1.79 bits per heavy atom. The molecule has 0 spiro atoms. The molecule has 29 heavy (non-hydrogen) atoms. The Labute approximate surface area is 181 Å². The van der Waals surface area contributed by atoms with Gasteiger partial charge < -0.3 is 14.5 Å². The Bertz CT molecular complexity index is 1120. The molecule has 0 atom stereocenters. The second-order valence-corrected chi connectivity index (χ2v) is 7.81. The maximum Gasteiger partial charge on any atom is 0.289 e. The lowest BCUT2D eigenvalue weighted by atomic mass is 10.2. The predicted octanol–water partition coefficient (Wildman–Crippen LogP) is 6.79. The molecule has 1 aliphatic heterocycles. The first-order chi connectivity index (χ1) is 14.0. The van der Waals surface area contributed by atoms with Crippen molar-refractivity contribution in [3.05, 3.63) is 75.3 Å². The Balaban J connectivity index is 1.65. The predicted molar refractivity (Wildman–Crippen MR) is 118 cm³/mol. The van der Waals surface area contributed by atoms with Gasteiger partial charge in [0.2, 0.25) is 0 Å². The minimum Gasteiger partial charge on any atom is -0.497 e. The zero-order valence-corrected chi connectivity index (χ0v) is 17.4. The minimum atomic E-state index is -0.204. The summed E-state index contributed by atoms with van der Waals surface area (Å²) in [6.07, 6.45) is 1.75. The highest BCUT2D eigenvalue weighted by Gasteiger charge is 2.24. The van der Waals surface area contributed by atoms with Crippen LogP contribution in [0.3, 0.4) is 0 Å². The number of aliphatic imine (C=N–C) groups is 1. The van der Waals surface area contributed by atoms with Gasteiger partial charge in [0.05, 0.1) is 33.3 Å². The number of nitrogens with one attached hydrogen (secondary N) is 1. The largest absolute Gasteiger partial charge is 0.497 e. The molecule has 5 nitrogen and oxygen atoms in total. The van der Waals surface area contributed by atoms with E-state index >= 15 is 0 Å². The molecule has 2 aromatic carbocycles. The van der Waals surface area contributed by atoms with E-state index in [0.29, 0.717) is 43.6 Å². The van der Waals surface area contributed by atoms with Crippen LogP contribution in [0.2, 0.25) is 10.0 Å². The second-order valence-electron chi connectivity index (χ2n) is 5.98. The summed E-state index contributed by atoms with van der Waals surface area (Å²) in [5, 5.41) is 3.54. The highest BCUT2D eigenvalue weighted by Crippen LogP contribution is 2.36. The van der Waals surface area contributed by atoms with Crippen LogP contribution >= 0.6 is 35.0 Å². The fourth-order valence-electron chi connectivity index (χ4n) is 2.73. The molecule has 1 N–H and O–H groups in total. The number of rotatable bonds is 4. The highest BCUT2D eigenvalue weighted by molar-refractivity contribution is 8.18. The van der Waals surface area contributed by atoms with Crippen molar-refractivity contribution in [3.63, 3.8) is 0 Å². The molecule has 1 fully saturated rings. The smallest absolute Gasteiger partial charge is 0.289 e. The minimum absolute atomic E-state index is 0.204. The standard InChI is InChI=1S/C21H14Cl2N2O3S/c1-27-13-7-5-12(6-8-13)24-20-18(29-21(26)25-20)11-14-9-10-17(28-14)19-15(22)3-2-4-16(19)23/h2-11H,1H3,(H,24,25,26). The van der Waals surface area contributed by atoms with Gasteiger partial charge in [-0.25, -0.2) is 4.99 Å². The zero-order chi connectivity index (χ0) is 20.4. The second kappa shape index (κ2) is 8.37. The first kappa shape index (κ1) is 19.6. The molecule has 1 aliphatic rings. The molecule has 1 saturated heterocycles. The number of thioether (sulfide) groups is 1. The molecular weight excluding hydrogens is 431 g/mol. The fourth-order valence-corrected chi connectivity index (χ4v) is 4.03. The summed E-state index contributed by atoms with van der Waals surface area (Å²) in [5.74, 6) is 2.29. The Morgan fingerprint density at radius 1 is 1.07 bits per heavy atom. The number of benzene rings is 2. The molecule has 4 rings (SSSR count). The van der Waals surface area contributed by atoms with E-state index in [1.54, 1.807) is 55.7 Å². The molecule has 1 amide bonds. The third-order valence-corrected chi connectivity index (χ3v) is 5.53. The Kier molecular flexibility index (Phi) is 5.67. The number of amidine groups is 1. The average molecular weight is 445 g/mol. The van der Waals surface area contributed by atoms with Crippen molar-refractivity contribution in [1.29, 1.82) is 0 Å². The molecule has 146 valence electrons. The fraction of sp³-hybridized carbons (Fsp3) is 0.0476. The summed E-state index contributed by atoms with van der Waals surface area (Å²) in [6, 6.07) is 16.1. The van der Waals surface area contributed by atoms with E-state index in [9.17, 15) is 4.79 Å². The van der Waals surface area contributed by atoms with Gasteiger partial charge >= 0.3 is 0 Å². The molecule has 0 bridgehead atoms. The normalized spacial score (nSPS) is 16.4. The van der Waals surface area contributed by atoms with Crippen LogP contribution in [0.5, 0.6) is 5.75 Å². The number of carbonyl (C=O) groups is 1. The lowest BCUT2D eigenvalue weighted by molar-refractivity contribution is 0.265. The summed E-state index contributed by atoms with van der Waals surface area (Å²) in [7, 11) is 1.60. The van der Waals surface area contributed by atoms with Crippen LogP contribution in [0.1, 0.15) is 5.76 Å². The van der Waals surface area contributed by atoms with E-state index in [1.807, 2.05) is 12.1 Å². The maximum absolute atomic E-state index is 11.9. The van der Waals surface area contributed by atoms with E-state index in [1.165, 1.54) is 0 Å². The summed E-state index contributed by atoms with van der Waals surface area (Å²) >= 11 is 13.6. The third kappa shape index (κ3) is 4.34. The Hall–Kier alpha value is -2.67. The molecule has 3 aromatic rings. The first-order valence-electron chi connectivity index (χ1n) is 8.51. The quantitative estimate of drug-likeness (QED) is 0.480. The van der Waals surface area contributed by atoms with Gasteiger partial charge in [-0.15, -0.1) is 0 Å². The van der Waals surface area contributed by atoms with Gasteiger partial charge in [-0.1, -0.05) is 29.3 Å². The topological polar surface area (TPSA) is 63.8 Å². The van der Waals surface area contributed by atoms with Crippen molar-refractivity contribution >= 4 is 57.8 Å². The molecular formula is C21H14Cl2N2O3S. The number of ether oxygens (including phenoxy) is 1. The van der Waals surface area contributed by atoms with Crippen LogP contribution < -0.4 is 10.1 Å². The van der Waals surface area contributed by atoms with Crippen LogP contribution in [0.15, 0.2) is 68.9 Å². The van der Waals surface area contributed by atoms with Gasteiger partial charge in [0.15, 0.2) is 0 Å². The summed E-state index contributed by atoms with van der Waals surface area (Å²) in [6.45, 7) is 0. The average Bonchev–Trinajstić information content (AvgIpc) is 3.29. The number of amides is 1. The van der Waals surface area contributed by atoms with E-state index in [0.717, 1.165) is 17.5 Å². The van der Waals surface area contributed by atoms with Crippen LogP contribution in [0.4, 0.5) is 10.5 Å². The van der Waals surface area contributed by atoms with E-state index in [-0.39, 0.29) is 5.24 Å². The lowest BCUT2D eigenvalue weighted by Gasteiger charge is -2.03. The van der Waals surface area contributed by atoms with Crippen molar-refractivity contribution in [1.82, 2.24) is 5.32 Å². The van der Waals surface area contributed by atoms with Crippen LogP contribution in [-0.2, 0) is 0 Å². The van der Waals surface area contributed by atoms with Gasteiger partial charge in [0.1, 0.15) is 23.1 Å². The van der Waals surface area contributed by atoms with E-state index in [4.69, 9.17) is 32.4 Å². The van der Waals surface area contributed by atoms with Crippen molar-refractivity contribution < 1.29 is 13.9 Å². The summed E-state index contributed by atoms with van der Waals surface area (Å²) in [5.41, 5.74) is 1.32. The van der Waals surface area contributed by atoms with Crippen molar-refractivity contribution in [2.75, 3.05) is 7.11 Å². The monoisotopic (exact) mass is 444 g/mol. The summed E-state index contributed by atoms with van der Waals surface area (Å²) < 4.78 is 11.0. The van der Waals surface area contributed by atoms with Crippen molar-refractivity contribution in [3.8, 4) is 17.1 Å². The first-order valence-corrected chi connectivity index (χ1v) is 10.1. The zero-order valence-electron chi connectivity index (χ0n) is 15.1. The van der Waals surface area contributed by atoms with Crippen LogP contribution in [-0.4, -0.2) is 18.2 Å². The number of hydrogen-bond acceptors (Lipinski definition) is 5. The van der Waals surface area contributed by atoms with E-state index in [2.05, 4.69) is 10.3 Å². The lowest BCUT2D eigenvalue weighted by Crippen LogP contribution is -2.18. The molecule has 0 radical (unpaired) electrons. The molecule has 0 unspecified atom stereocenters. The van der Waals surface area contributed by atoms with Crippen LogP contribution in [0, 0.1) is 0 Å². The van der Waals surface area contributed by atoms with Crippen LogP contribution in [0.25, 0.3) is 17.4 Å². The van der Waals surface area contributed by atoms with Gasteiger partial charge in [-0.3, -0.25) is 4.79 Å². The molecule has 0 aliphatic carbocycles. The number of methoxy groups -OCH3 is 1. The molecule has 0 saturated carbocycles. The van der Waals surface area contributed by atoms with Gasteiger partial charge in [-0.05, 0) is 66.4 Å².